The van der Waals surface area contributed by atoms with Crippen molar-refractivity contribution in [2.24, 2.45) is 17.8 Å². The zero-order valence-corrected chi connectivity index (χ0v) is 23.0. The molecule has 0 spiro atoms. The number of pyridine rings is 1. The Morgan fingerprint density at radius 3 is 2.26 bits per heavy atom. The van der Waals surface area contributed by atoms with Gasteiger partial charge in [0.05, 0.1) is 5.56 Å². The van der Waals surface area contributed by atoms with Gasteiger partial charge in [-0.3, -0.25) is 9.59 Å². The fourth-order valence-corrected chi connectivity index (χ4v) is 5.68. The van der Waals surface area contributed by atoms with Gasteiger partial charge in [-0.1, -0.05) is 41.9 Å². The molecule has 2 amide bonds. The summed E-state index contributed by atoms with van der Waals surface area (Å²) >= 11 is 6.27. The van der Waals surface area contributed by atoms with Gasteiger partial charge in [-0.15, -0.1) is 0 Å². The Kier molecular flexibility index (Phi) is 8.47. The number of nitrogens with zero attached hydrogens (tertiary/aromatic N) is 4. The van der Waals surface area contributed by atoms with Gasteiger partial charge in [-0.05, 0) is 55.6 Å². The molecule has 1 aliphatic heterocycles. The third kappa shape index (κ3) is 6.17. The van der Waals surface area contributed by atoms with Gasteiger partial charge in [0, 0.05) is 46.3 Å². The normalized spacial score (nSPS) is 21.3. The van der Waals surface area contributed by atoms with Gasteiger partial charge in [-0.2, -0.15) is 13.2 Å². The predicted octanol–water partition coefficient (Wildman–Crippen LogP) is 4.59. The summed E-state index contributed by atoms with van der Waals surface area (Å²) < 4.78 is 41.6. The molecule has 11 heteroatoms. The van der Waals surface area contributed by atoms with Crippen LogP contribution in [0.1, 0.15) is 41.6 Å². The van der Waals surface area contributed by atoms with Crippen molar-refractivity contribution in [3.8, 4) is 0 Å². The van der Waals surface area contributed by atoms with E-state index in [0.717, 1.165) is 61.6 Å². The molecule has 1 saturated carbocycles. The highest BCUT2D eigenvalue weighted by Crippen LogP contribution is 2.46. The number of alkyl halides is 3. The number of benzene rings is 1. The Bertz CT molecular complexity index is 1190. The lowest BCUT2D eigenvalue weighted by molar-refractivity contribution is -0.261. The number of aliphatic hydroxyl groups is 1. The van der Waals surface area contributed by atoms with E-state index in [0.29, 0.717) is 17.4 Å². The highest BCUT2D eigenvalue weighted by Gasteiger charge is 2.62. The van der Waals surface area contributed by atoms with Crippen LogP contribution in [0.25, 0.3) is 0 Å². The van der Waals surface area contributed by atoms with E-state index in [1.54, 1.807) is 20.2 Å². The van der Waals surface area contributed by atoms with Crippen LogP contribution in [0.15, 0.2) is 42.5 Å². The average Bonchev–Trinajstić information content (AvgIpc) is 3.63. The van der Waals surface area contributed by atoms with Gasteiger partial charge in [0.2, 0.25) is 0 Å². The van der Waals surface area contributed by atoms with Crippen LogP contribution in [-0.2, 0) is 10.4 Å². The molecule has 212 valence electrons. The summed E-state index contributed by atoms with van der Waals surface area (Å²) in [6.45, 7) is 1.76. The molecular weight excluding hydrogens is 533 g/mol. The molecular formula is C28H34ClF3N4O3. The predicted molar refractivity (Wildman–Crippen MR) is 142 cm³/mol. The van der Waals surface area contributed by atoms with E-state index in [9.17, 15) is 27.9 Å². The number of piperidine rings is 1. The van der Waals surface area contributed by atoms with Gasteiger partial charge >= 0.3 is 6.18 Å². The number of hydrogen-bond donors (Lipinski definition) is 1. The topological polar surface area (TPSA) is 77.0 Å². The third-order valence-corrected chi connectivity index (χ3v) is 8.17. The SMILES string of the molecule is CN(C)C(=O)c1ccc(N2CCC(C[C@@H]3CC3CN(C)C(=O)[C@](O)(c3ccccc3)C(F)(F)F)CC2)nc1Cl. The Morgan fingerprint density at radius 1 is 1.05 bits per heavy atom. The van der Waals surface area contributed by atoms with E-state index in [-0.39, 0.29) is 23.5 Å². The van der Waals surface area contributed by atoms with Crippen LogP contribution < -0.4 is 4.90 Å². The molecule has 4 rings (SSSR count). The highest BCUT2D eigenvalue weighted by molar-refractivity contribution is 6.32. The first-order chi connectivity index (χ1) is 18.3. The molecule has 1 aromatic heterocycles. The monoisotopic (exact) mass is 566 g/mol. The van der Waals surface area contributed by atoms with Gasteiger partial charge < -0.3 is 19.8 Å². The summed E-state index contributed by atoms with van der Waals surface area (Å²) in [7, 11) is 4.64. The summed E-state index contributed by atoms with van der Waals surface area (Å²) in [4.78, 5) is 34.1. The zero-order chi connectivity index (χ0) is 28.5. The van der Waals surface area contributed by atoms with Crippen molar-refractivity contribution in [1.29, 1.82) is 0 Å². The first-order valence-corrected chi connectivity index (χ1v) is 13.4. The van der Waals surface area contributed by atoms with E-state index in [1.165, 1.54) is 30.1 Å². The molecule has 0 bridgehead atoms. The van der Waals surface area contributed by atoms with E-state index in [4.69, 9.17) is 11.6 Å². The molecule has 39 heavy (non-hydrogen) atoms. The Labute approximate surface area is 231 Å². The van der Waals surface area contributed by atoms with E-state index >= 15 is 0 Å². The maximum atomic E-state index is 13.9. The van der Waals surface area contributed by atoms with Crippen LogP contribution in [0.3, 0.4) is 0 Å². The van der Waals surface area contributed by atoms with Crippen LogP contribution in [-0.4, -0.2) is 78.7 Å². The van der Waals surface area contributed by atoms with Crippen LogP contribution in [0.5, 0.6) is 0 Å². The minimum Gasteiger partial charge on any atom is -0.369 e. The molecule has 2 fully saturated rings. The third-order valence-electron chi connectivity index (χ3n) is 7.88. The number of halogens is 4. The molecule has 7 nitrogen and oxygen atoms in total. The molecule has 1 unspecified atom stereocenters. The summed E-state index contributed by atoms with van der Waals surface area (Å²) in [6.07, 6.45) is -1.45. The summed E-state index contributed by atoms with van der Waals surface area (Å²) in [5.41, 5.74) is -3.70. The second-order valence-corrected chi connectivity index (χ2v) is 11.2. The summed E-state index contributed by atoms with van der Waals surface area (Å²) in [6, 6.07) is 10.0. The molecule has 0 radical (unpaired) electrons. The van der Waals surface area contributed by atoms with Gasteiger partial charge in [0.15, 0.2) is 0 Å². The quantitative estimate of drug-likeness (QED) is 0.473. The lowest BCUT2D eigenvalue weighted by Gasteiger charge is -2.34. The molecule has 1 aromatic carbocycles. The number of aromatic nitrogens is 1. The zero-order valence-electron chi connectivity index (χ0n) is 22.3. The van der Waals surface area contributed by atoms with Crippen molar-refractivity contribution in [1.82, 2.24) is 14.8 Å². The van der Waals surface area contributed by atoms with Crippen molar-refractivity contribution in [2.75, 3.05) is 45.7 Å². The number of carbonyl (C=O) groups is 2. The van der Waals surface area contributed by atoms with Crippen LogP contribution >= 0.6 is 11.6 Å². The molecule has 2 aliphatic rings. The first kappa shape index (κ1) is 29.1. The van der Waals surface area contributed by atoms with Gasteiger partial charge in [0.1, 0.15) is 11.0 Å². The lowest BCUT2D eigenvalue weighted by Crippen LogP contribution is -2.55. The second-order valence-electron chi connectivity index (χ2n) is 10.9. The fourth-order valence-electron chi connectivity index (χ4n) is 5.45. The van der Waals surface area contributed by atoms with E-state index in [1.807, 2.05) is 6.07 Å². The molecule has 2 aromatic rings. The molecule has 1 aliphatic carbocycles. The van der Waals surface area contributed by atoms with Crippen LogP contribution in [0.4, 0.5) is 19.0 Å². The number of amides is 2. The van der Waals surface area contributed by atoms with Crippen molar-refractivity contribution in [3.05, 3.63) is 58.7 Å². The maximum absolute atomic E-state index is 13.9. The number of carbonyl (C=O) groups excluding carboxylic acids is 2. The fraction of sp³-hybridized carbons (Fsp3) is 0.536. The van der Waals surface area contributed by atoms with E-state index < -0.39 is 23.2 Å². The first-order valence-electron chi connectivity index (χ1n) is 13.1. The second kappa shape index (κ2) is 11.3. The van der Waals surface area contributed by atoms with E-state index in [2.05, 4.69) is 9.88 Å². The Morgan fingerprint density at radius 2 is 1.69 bits per heavy atom. The van der Waals surface area contributed by atoms with Crippen molar-refractivity contribution in [3.63, 3.8) is 0 Å². The number of likely N-dealkylation sites (N-methyl/N-ethyl adjacent to an activating group) is 1. The summed E-state index contributed by atoms with van der Waals surface area (Å²) in [5.74, 6) is 0.105. The molecule has 3 atom stereocenters. The maximum Gasteiger partial charge on any atom is 0.430 e. The van der Waals surface area contributed by atoms with Crippen molar-refractivity contribution in [2.45, 2.75) is 37.5 Å². The van der Waals surface area contributed by atoms with Gasteiger partial charge in [0.25, 0.3) is 17.4 Å². The molecule has 1 saturated heterocycles. The van der Waals surface area contributed by atoms with Gasteiger partial charge in [-0.25, -0.2) is 4.98 Å². The average molecular weight is 567 g/mol. The lowest BCUT2D eigenvalue weighted by atomic mass is 9.90. The highest BCUT2D eigenvalue weighted by atomic mass is 35.5. The smallest absolute Gasteiger partial charge is 0.369 e. The number of anilines is 1. The standard InChI is InChI=1S/C28H34ClF3N4O3/c1-34(2)25(37)22-9-10-23(33-24(22)29)36-13-11-18(12-14-36)15-19-16-20(19)17-35(3)26(38)27(39,28(30,31)32)21-7-5-4-6-8-21/h4-10,18-20,39H,11-17H2,1-3H3/t19-,20?,27-/m1/s1. The summed E-state index contributed by atoms with van der Waals surface area (Å²) in [5, 5.41) is 10.7. The number of hydrogen-bond acceptors (Lipinski definition) is 5. The van der Waals surface area contributed by atoms with Crippen molar-refractivity contribution < 1.29 is 27.9 Å². The minimum atomic E-state index is -5.14. The number of rotatable bonds is 8. The Balaban J connectivity index is 1.28. The minimum absolute atomic E-state index is 0.118. The van der Waals surface area contributed by atoms with Crippen molar-refractivity contribution >= 4 is 29.2 Å². The van der Waals surface area contributed by atoms with Crippen LogP contribution in [0, 0.1) is 17.8 Å². The molecule has 2 heterocycles. The Hall–Kier alpha value is -2.85. The molecule has 1 N–H and O–H groups in total. The largest absolute Gasteiger partial charge is 0.430 e. The van der Waals surface area contributed by atoms with Crippen LogP contribution in [0.2, 0.25) is 5.15 Å².